The molecule has 1 aromatic heterocycles. The van der Waals surface area contributed by atoms with Crippen LogP contribution in [0.3, 0.4) is 0 Å². The van der Waals surface area contributed by atoms with E-state index in [1.807, 2.05) is 0 Å². The Kier molecular flexibility index (Phi) is 8.44. The molecule has 0 radical (unpaired) electrons. The summed E-state index contributed by atoms with van der Waals surface area (Å²) in [6, 6.07) is 6.40. The highest BCUT2D eigenvalue weighted by Crippen LogP contribution is 2.15. The molecule has 1 aromatic carbocycles. The van der Waals surface area contributed by atoms with Crippen LogP contribution in [0.2, 0.25) is 0 Å². The van der Waals surface area contributed by atoms with E-state index in [2.05, 4.69) is 15.4 Å². The van der Waals surface area contributed by atoms with E-state index in [-0.39, 0.29) is 36.1 Å². The molecule has 0 aliphatic rings. The van der Waals surface area contributed by atoms with Crippen molar-refractivity contribution in [2.75, 3.05) is 18.4 Å². The first-order valence-electron chi connectivity index (χ1n) is 7.77. The highest BCUT2D eigenvalue weighted by molar-refractivity contribution is 7.89. The smallest absolute Gasteiger partial charge is 0.255 e. The Labute approximate surface area is 163 Å². The predicted molar refractivity (Wildman–Crippen MR) is 102 cm³/mol. The van der Waals surface area contributed by atoms with Crippen LogP contribution in [0, 0.1) is 0 Å². The molecule has 2 aromatic rings. The maximum Gasteiger partial charge on any atom is 0.255 e. The average molecular weight is 417 g/mol. The number of carbonyl (C=O) groups excluding carboxylic acids is 2. The second-order valence-electron chi connectivity index (χ2n) is 5.41. The van der Waals surface area contributed by atoms with Gasteiger partial charge in [0.15, 0.2) is 0 Å². The normalized spacial score (nSPS) is 11.9. The molecule has 11 heteroatoms. The lowest BCUT2D eigenvalue weighted by Gasteiger charge is -2.14. The van der Waals surface area contributed by atoms with E-state index >= 15 is 0 Å². The van der Waals surface area contributed by atoms with Crippen molar-refractivity contribution in [1.82, 2.24) is 10.0 Å². The highest BCUT2D eigenvalue weighted by atomic mass is 35.5. The van der Waals surface area contributed by atoms with Crippen molar-refractivity contribution in [3.63, 3.8) is 0 Å². The maximum absolute atomic E-state index is 12.2. The standard InChI is InChI=1S/C16H20N4O5S.ClH/c1-11(19-16(22)12-5-8-25-10-12)15(21)20-13-3-2-4-14(9-13)26(23,24)18-7-6-17;/h2-5,8-11,18H,6-7,17H2,1H3,(H,19,22)(H,20,21);1H. The summed E-state index contributed by atoms with van der Waals surface area (Å²) in [5.74, 6) is -0.949. The summed E-state index contributed by atoms with van der Waals surface area (Å²) in [5.41, 5.74) is 5.88. The minimum atomic E-state index is -3.71. The summed E-state index contributed by atoms with van der Waals surface area (Å²) < 4.78 is 31.3. The van der Waals surface area contributed by atoms with Crippen molar-refractivity contribution >= 4 is 39.9 Å². The number of hydrogen-bond donors (Lipinski definition) is 4. The van der Waals surface area contributed by atoms with E-state index in [1.165, 1.54) is 43.7 Å². The van der Waals surface area contributed by atoms with Crippen LogP contribution >= 0.6 is 12.4 Å². The van der Waals surface area contributed by atoms with Gasteiger partial charge in [-0.25, -0.2) is 13.1 Å². The molecule has 1 unspecified atom stereocenters. The molecule has 0 aliphatic heterocycles. The van der Waals surface area contributed by atoms with Gasteiger partial charge in [0, 0.05) is 18.8 Å². The summed E-state index contributed by atoms with van der Waals surface area (Å²) in [6.07, 6.45) is 2.62. The molecule has 0 bridgehead atoms. The van der Waals surface area contributed by atoms with E-state index < -0.39 is 27.9 Å². The van der Waals surface area contributed by atoms with E-state index in [1.54, 1.807) is 6.07 Å². The number of anilines is 1. The predicted octanol–water partition coefficient (Wildman–Crippen LogP) is 0.695. The number of sulfonamides is 1. The Bertz CT molecular complexity index is 871. The lowest BCUT2D eigenvalue weighted by atomic mass is 10.2. The van der Waals surface area contributed by atoms with Crippen molar-refractivity contribution in [3.8, 4) is 0 Å². The van der Waals surface area contributed by atoms with Crippen molar-refractivity contribution in [2.45, 2.75) is 17.9 Å². The molecule has 148 valence electrons. The molecular weight excluding hydrogens is 396 g/mol. The lowest BCUT2D eigenvalue weighted by molar-refractivity contribution is -0.117. The summed E-state index contributed by atoms with van der Waals surface area (Å²) >= 11 is 0. The number of halogens is 1. The van der Waals surface area contributed by atoms with Gasteiger partial charge in [-0.3, -0.25) is 9.59 Å². The summed E-state index contributed by atoms with van der Waals surface area (Å²) in [6.45, 7) is 1.79. The second-order valence-corrected chi connectivity index (χ2v) is 7.18. The summed E-state index contributed by atoms with van der Waals surface area (Å²) in [7, 11) is -3.71. The van der Waals surface area contributed by atoms with Crippen LogP contribution in [0.5, 0.6) is 0 Å². The third-order valence-electron chi connectivity index (χ3n) is 3.37. The minimum absolute atomic E-state index is 0. The number of nitrogens with one attached hydrogen (secondary N) is 3. The van der Waals surface area contributed by atoms with Gasteiger partial charge in [0.2, 0.25) is 15.9 Å². The van der Waals surface area contributed by atoms with Crippen molar-refractivity contribution in [3.05, 3.63) is 48.4 Å². The number of amides is 2. The van der Waals surface area contributed by atoms with Gasteiger partial charge in [-0.05, 0) is 31.2 Å². The first-order chi connectivity index (χ1) is 12.3. The molecule has 0 saturated heterocycles. The van der Waals surface area contributed by atoms with Crippen LogP contribution in [-0.4, -0.2) is 39.4 Å². The maximum atomic E-state index is 12.2. The molecule has 0 fully saturated rings. The van der Waals surface area contributed by atoms with Gasteiger partial charge >= 0.3 is 0 Å². The average Bonchev–Trinajstić information content (AvgIpc) is 3.15. The molecule has 2 amide bonds. The zero-order valence-corrected chi connectivity index (χ0v) is 16.1. The van der Waals surface area contributed by atoms with Crippen LogP contribution in [0.4, 0.5) is 5.69 Å². The largest absolute Gasteiger partial charge is 0.472 e. The minimum Gasteiger partial charge on any atom is -0.472 e. The summed E-state index contributed by atoms with van der Waals surface area (Å²) in [5, 5.41) is 5.09. The van der Waals surface area contributed by atoms with E-state index in [0.717, 1.165) is 0 Å². The molecule has 1 atom stereocenters. The van der Waals surface area contributed by atoms with E-state index in [0.29, 0.717) is 5.56 Å². The SMILES string of the molecule is CC(NC(=O)c1ccoc1)C(=O)Nc1cccc(S(=O)(=O)NCCN)c1.Cl. The van der Waals surface area contributed by atoms with Gasteiger partial charge in [-0.1, -0.05) is 6.07 Å². The third kappa shape index (κ3) is 6.36. The first-order valence-corrected chi connectivity index (χ1v) is 9.25. The quantitative estimate of drug-likeness (QED) is 0.498. The Morgan fingerprint density at radius 1 is 1.26 bits per heavy atom. The monoisotopic (exact) mass is 416 g/mol. The molecule has 1 heterocycles. The molecule has 27 heavy (non-hydrogen) atoms. The molecule has 2 rings (SSSR count). The fraction of sp³-hybridized carbons (Fsp3) is 0.250. The Hall–Kier alpha value is -2.40. The van der Waals surface area contributed by atoms with Crippen LogP contribution in [0.25, 0.3) is 0 Å². The lowest BCUT2D eigenvalue weighted by Crippen LogP contribution is -2.41. The van der Waals surface area contributed by atoms with E-state index in [4.69, 9.17) is 10.2 Å². The fourth-order valence-electron chi connectivity index (χ4n) is 2.01. The number of hydrogen-bond acceptors (Lipinski definition) is 6. The second kappa shape index (κ2) is 10.1. The van der Waals surface area contributed by atoms with Gasteiger partial charge < -0.3 is 20.8 Å². The highest BCUT2D eigenvalue weighted by Gasteiger charge is 2.19. The Morgan fingerprint density at radius 2 is 2.00 bits per heavy atom. The van der Waals surface area contributed by atoms with Crippen molar-refractivity contribution < 1.29 is 22.4 Å². The Morgan fingerprint density at radius 3 is 2.63 bits per heavy atom. The van der Waals surface area contributed by atoms with E-state index in [9.17, 15) is 18.0 Å². The molecule has 0 spiro atoms. The molecule has 0 aliphatic carbocycles. The van der Waals surface area contributed by atoms with Gasteiger partial charge in [-0.2, -0.15) is 0 Å². The molecule has 5 N–H and O–H groups in total. The number of benzene rings is 1. The third-order valence-corrected chi connectivity index (χ3v) is 4.83. The zero-order valence-electron chi connectivity index (χ0n) is 14.5. The van der Waals surface area contributed by atoms with Crippen LogP contribution in [0.1, 0.15) is 17.3 Å². The molecular formula is C16H21ClN4O5S. The van der Waals surface area contributed by atoms with Crippen molar-refractivity contribution in [1.29, 1.82) is 0 Å². The van der Waals surface area contributed by atoms with Crippen molar-refractivity contribution in [2.24, 2.45) is 5.73 Å². The fourth-order valence-corrected chi connectivity index (χ4v) is 3.10. The molecule has 9 nitrogen and oxygen atoms in total. The Balaban J connectivity index is 0.00000364. The van der Waals surface area contributed by atoms with Crippen LogP contribution in [0.15, 0.2) is 52.2 Å². The van der Waals surface area contributed by atoms with Crippen LogP contribution < -0.4 is 21.1 Å². The number of nitrogens with two attached hydrogens (primary N) is 1. The van der Waals surface area contributed by atoms with Crippen LogP contribution in [-0.2, 0) is 14.8 Å². The summed E-state index contributed by atoms with van der Waals surface area (Å²) in [4.78, 5) is 24.1. The number of furan rings is 1. The zero-order chi connectivity index (χ0) is 19.2. The van der Waals surface area contributed by atoms with Gasteiger partial charge in [0.05, 0.1) is 16.7 Å². The van der Waals surface area contributed by atoms with Gasteiger partial charge in [0.1, 0.15) is 12.3 Å². The molecule has 0 saturated carbocycles. The first kappa shape index (κ1) is 22.6. The number of carbonyl (C=O) groups is 2. The topological polar surface area (TPSA) is 144 Å². The van der Waals surface area contributed by atoms with Gasteiger partial charge in [0.25, 0.3) is 5.91 Å². The van der Waals surface area contributed by atoms with Gasteiger partial charge in [-0.15, -0.1) is 12.4 Å². The number of rotatable bonds is 8.